The molecule has 0 aromatic heterocycles. The van der Waals surface area contributed by atoms with Gasteiger partial charge in [-0.25, -0.2) is 0 Å². The number of carboxylic acids is 1. The summed E-state index contributed by atoms with van der Waals surface area (Å²) in [6.07, 6.45) is 0. The van der Waals surface area contributed by atoms with Crippen molar-refractivity contribution in [3.05, 3.63) is 35.4 Å². The van der Waals surface area contributed by atoms with Crippen LogP contribution in [0.2, 0.25) is 0 Å². The number of benzene rings is 1. The molecule has 0 spiro atoms. The highest BCUT2D eigenvalue weighted by atomic mass is 16.4. The maximum Gasteiger partial charge on any atom is 0.307 e. The Morgan fingerprint density at radius 1 is 1.44 bits per heavy atom. The summed E-state index contributed by atoms with van der Waals surface area (Å²) in [6, 6.07) is 7.98. The number of carbonyl (C=O) groups is 2. The third-order valence-corrected chi connectivity index (χ3v) is 4.10. The average Bonchev–Trinajstić information content (AvgIpc) is 2.96. The Morgan fingerprint density at radius 2 is 2.17 bits per heavy atom. The summed E-state index contributed by atoms with van der Waals surface area (Å²) >= 11 is 0. The molecule has 3 atom stereocenters. The topological polar surface area (TPSA) is 57.6 Å². The SMILES string of the molecule is Cc1ccccc1CN1CC2C(C(=O)O)C2C1=O. The van der Waals surface area contributed by atoms with Gasteiger partial charge in [-0.1, -0.05) is 24.3 Å². The Hall–Kier alpha value is -1.84. The van der Waals surface area contributed by atoms with Crippen LogP contribution in [0.25, 0.3) is 0 Å². The van der Waals surface area contributed by atoms with Crippen molar-refractivity contribution in [1.82, 2.24) is 4.90 Å². The quantitative estimate of drug-likeness (QED) is 0.872. The summed E-state index contributed by atoms with van der Waals surface area (Å²) in [5.41, 5.74) is 2.31. The predicted octanol–water partition coefficient (Wildman–Crippen LogP) is 1.28. The van der Waals surface area contributed by atoms with Crippen LogP contribution < -0.4 is 0 Å². The van der Waals surface area contributed by atoms with Crippen molar-refractivity contribution >= 4 is 11.9 Å². The number of rotatable bonds is 3. The first kappa shape index (κ1) is 11.3. The molecular weight excluding hydrogens is 230 g/mol. The van der Waals surface area contributed by atoms with Crippen molar-refractivity contribution in [3.63, 3.8) is 0 Å². The molecule has 3 unspecified atom stereocenters. The average molecular weight is 245 g/mol. The van der Waals surface area contributed by atoms with Crippen LogP contribution in [-0.4, -0.2) is 28.4 Å². The van der Waals surface area contributed by atoms with Gasteiger partial charge in [0.05, 0.1) is 11.8 Å². The fourth-order valence-electron chi connectivity index (χ4n) is 2.97. The summed E-state index contributed by atoms with van der Waals surface area (Å²) in [5.74, 6) is -1.46. The molecule has 1 aliphatic heterocycles. The number of aliphatic carboxylic acids is 1. The van der Waals surface area contributed by atoms with Gasteiger partial charge in [0.1, 0.15) is 0 Å². The summed E-state index contributed by atoms with van der Waals surface area (Å²) in [7, 11) is 0. The molecule has 94 valence electrons. The van der Waals surface area contributed by atoms with Crippen LogP contribution >= 0.6 is 0 Å². The highest BCUT2D eigenvalue weighted by molar-refractivity contribution is 5.93. The zero-order valence-electron chi connectivity index (χ0n) is 10.2. The molecule has 1 aliphatic carbocycles. The molecule has 1 saturated carbocycles. The van der Waals surface area contributed by atoms with Gasteiger partial charge >= 0.3 is 5.97 Å². The van der Waals surface area contributed by atoms with Crippen molar-refractivity contribution in [2.75, 3.05) is 6.54 Å². The zero-order valence-corrected chi connectivity index (χ0v) is 10.2. The molecule has 3 rings (SSSR count). The second-order valence-corrected chi connectivity index (χ2v) is 5.20. The molecule has 1 heterocycles. The van der Waals surface area contributed by atoms with Crippen LogP contribution in [0.1, 0.15) is 11.1 Å². The van der Waals surface area contributed by atoms with E-state index in [-0.39, 0.29) is 17.7 Å². The van der Waals surface area contributed by atoms with Crippen LogP contribution in [-0.2, 0) is 16.1 Å². The van der Waals surface area contributed by atoms with E-state index in [1.54, 1.807) is 4.90 Å². The van der Waals surface area contributed by atoms with E-state index in [1.807, 2.05) is 31.2 Å². The lowest BCUT2D eigenvalue weighted by molar-refractivity contribution is -0.143. The van der Waals surface area contributed by atoms with Gasteiger partial charge < -0.3 is 10.0 Å². The number of carbonyl (C=O) groups excluding carboxylic acids is 1. The van der Waals surface area contributed by atoms with Crippen molar-refractivity contribution < 1.29 is 14.7 Å². The summed E-state index contributed by atoms with van der Waals surface area (Å²) < 4.78 is 0. The van der Waals surface area contributed by atoms with Gasteiger partial charge in [-0.05, 0) is 18.1 Å². The monoisotopic (exact) mass is 245 g/mol. The Kier molecular flexibility index (Phi) is 2.40. The number of hydrogen-bond acceptors (Lipinski definition) is 2. The maximum absolute atomic E-state index is 12.0. The lowest BCUT2D eigenvalue weighted by Crippen LogP contribution is -2.31. The van der Waals surface area contributed by atoms with Gasteiger partial charge in [0.15, 0.2) is 0 Å². The minimum atomic E-state index is -0.825. The molecule has 1 saturated heterocycles. The Balaban J connectivity index is 1.70. The highest BCUT2D eigenvalue weighted by Gasteiger charge is 2.65. The molecule has 2 aliphatic rings. The first-order chi connectivity index (χ1) is 8.59. The van der Waals surface area contributed by atoms with Gasteiger partial charge in [0, 0.05) is 19.0 Å². The number of piperidine rings is 1. The predicted molar refractivity (Wildman–Crippen MR) is 64.7 cm³/mol. The van der Waals surface area contributed by atoms with Crippen LogP contribution in [0.4, 0.5) is 0 Å². The van der Waals surface area contributed by atoms with Crippen LogP contribution in [0.15, 0.2) is 24.3 Å². The molecule has 1 aromatic rings. The van der Waals surface area contributed by atoms with Gasteiger partial charge in [-0.2, -0.15) is 0 Å². The molecular formula is C14H15NO3. The fraction of sp³-hybridized carbons (Fsp3) is 0.429. The second-order valence-electron chi connectivity index (χ2n) is 5.20. The van der Waals surface area contributed by atoms with Crippen molar-refractivity contribution in [2.24, 2.45) is 17.8 Å². The summed E-state index contributed by atoms with van der Waals surface area (Å²) in [5, 5.41) is 8.93. The normalized spacial score (nSPS) is 29.3. The molecule has 0 bridgehead atoms. The summed E-state index contributed by atoms with van der Waals surface area (Å²) in [4.78, 5) is 24.7. The van der Waals surface area contributed by atoms with Gasteiger partial charge in [-0.3, -0.25) is 9.59 Å². The third-order valence-electron chi connectivity index (χ3n) is 4.10. The van der Waals surface area contributed by atoms with Crippen LogP contribution in [0.5, 0.6) is 0 Å². The van der Waals surface area contributed by atoms with E-state index in [4.69, 9.17) is 5.11 Å². The van der Waals surface area contributed by atoms with E-state index >= 15 is 0 Å². The zero-order chi connectivity index (χ0) is 12.9. The minimum Gasteiger partial charge on any atom is -0.481 e. The maximum atomic E-state index is 12.0. The van der Waals surface area contributed by atoms with E-state index in [0.717, 1.165) is 5.56 Å². The Bertz CT molecular complexity index is 526. The van der Waals surface area contributed by atoms with E-state index in [2.05, 4.69) is 0 Å². The number of hydrogen-bond donors (Lipinski definition) is 1. The standard InChI is InChI=1S/C14H15NO3/c1-8-4-2-3-5-9(8)6-15-7-10-11(13(15)16)12(10)14(17)18/h2-5,10-12H,6-7H2,1H3,(H,17,18). The van der Waals surface area contributed by atoms with Crippen molar-refractivity contribution in [2.45, 2.75) is 13.5 Å². The lowest BCUT2D eigenvalue weighted by Gasteiger charge is -2.20. The molecule has 4 nitrogen and oxygen atoms in total. The van der Waals surface area contributed by atoms with Crippen molar-refractivity contribution in [3.8, 4) is 0 Å². The lowest BCUT2D eigenvalue weighted by atomic mass is 10.1. The van der Waals surface area contributed by atoms with Crippen molar-refractivity contribution in [1.29, 1.82) is 0 Å². The molecule has 2 fully saturated rings. The van der Waals surface area contributed by atoms with Gasteiger partial charge in [-0.15, -0.1) is 0 Å². The largest absolute Gasteiger partial charge is 0.481 e. The second kappa shape index (κ2) is 3.83. The number of amides is 1. The van der Waals surface area contributed by atoms with E-state index in [9.17, 15) is 9.59 Å². The van der Waals surface area contributed by atoms with E-state index in [0.29, 0.717) is 13.1 Å². The minimum absolute atomic E-state index is 0.00986. The third kappa shape index (κ3) is 1.60. The molecule has 0 radical (unpaired) electrons. The smallest absolute Gasteiger partial charge is 0.307 e. The first-order valence-corrected chi connectivity index (χ1v) is 6.15. The number of carboxylic acid groups (broad SMARTS) is 1. The van der Waals surface area contributed by atoms with E-state index < -0.39 is 11.9 Å². The summed E-state index contributed by atoms with van der Waals surface area (Å²) in [6.45, 7) is 3.22. The number of likely N-dealkylation sites (tertiary alicyclic amines) is 1. The number of aryl methyl sites for hydroxylation is 1. The highest BCUT2D eigenvalue weighted by Crippen LogP contribution is 2.52. The number of fused-ring (bicyclic) bond motifs is 1. The molecule has 1 aromatic carbocycles. The molecule has 18 heavy (non-hydrogen) atoms. The Morgan fingerprint density at radius 3 is 2.72 bits per heavy atom. The molecule has 4 heteroatoms. The van der Waals surface area contributed by atoms with Gasteiger partial charge in [0.25, 0.3) is 0 Å². The molecule has 1 N–H and O–H groups in total. The van der Waals surface area contributed by atoms with Crippen LogP contribution in [0, 0.1) is 24.7 Å². The van der Waals surface area contributed by atoms with E-state index in [1.165, 1.54) is 5.56 Å². The van der Waals surface area contributed by atoms with Gasteiger partial charge in [0.2, 0.25) is 5.91 Å². The Labute approximate surface area is 105 Å². The fourth-order valence-corrected chi connectivity index (χ4v) is 2.97. The molecule has 1 amide bonds. The number of nitrogens with zero attached hydrogens (tertiary/aromatic N) is 1. The van der Waals surface area contributed by atoms with Crippen LogP contribution in [0.3, 0.4) is 0 Å². The first-order valence-electron chi connectivity index (χ1n) is 6.15.